The molecule has 0 radical (unpaired) electrons. The monoisotopic (exact) mass is 523 g/mol. The normalized spacial score (nSPS) is 13.4. The molecule has 0 fully saturated rings. The number of aromatic amines is 1. The summed E-state index contributed by atoms with van der Waals surface area (Å²) in [6.07, 6.45) is 8.29. The second kappa shape index (κ2) is 10.3. The number of carbonyl (C=O) groups is 1. The Labute approximate surface area is 223 Å². The van der Waals surface area contributed by atoms with Gasteiger partial charge in [-0.25, -0.2) is 18.2 Å². The molecule has 0 spiro atoms. The first-order chi connectivity index (χ1) is 18.9. The van der Waals surface area contributed by atoms with Crippen molar-refractivity contribution in [2.75, 3.05) is 0 Å². The third-order valence-electron chi connectivity index (χ3n) is 7.19. The molecule has 5 aromatic rings. The summed E-state index contributed by atoms with van der Waals surface area (Å²) >= 11 is 0. The van der Waals surface area contributed by atoms with Crippen LogP contribution in [-0.4, -0.2) is 20.7 Å². The van der Waals surface area contributed by atoms with E-state index in [4.69, 9.17) is 0 Å². The van der Waals surface area contributed by atoms with Gasteiger partial charge in [-0.15, -0.1) is 0 Å². The van der Waals surface area contributed by atoms with Crippen molar-refractivity contribution in [3.63, 3.8) is 0 Å². The topological polar surface area (TPSA) is 58.6 Å². The van der Waals surface area contributed by atoms with Crippen LogP contribution in [0.1, 0.15) is 41.1 Å². The van der Waals surface area contributed by atoms with E-state index in [2.05, 4.69) is 15.0 Å². The van der Waals surface area contributed by atoms with Crippen LogP contribution < -0.4 is 0 Å². The lowest BCUT2D eigenvalue weighted by molar-refractivity contribution is -0.118. The summed E-state index contributed by atoms with van der Waals surface area (Å²) in [7, 11) is 0. The molecule has 1 aliphatic rings. The number of benzene rings is 2. The van der Waals surface area contributed by atoms with E-state index in [1.54, 1.807) is 18.5 Å². The highest BCUT2D eigenvalue weighted by Crippen LogP contribution is 2.36. The number of Topliss-reactive ketones (excluding diaryl/α,β-unsaturated/α-hetero) is 1. The van der Waals surface area contributed by atoms with Gasteiger partial charge in [0.25, 0.3) is 0 Å². The Bertz CT molecular complexity index is 1720. The summed E-state index contributed by atoms with van der Waals surface area (Å²) in [4.78, 5) is 25.7. The zero-order chi connectivity index (χ0) is 26.9. The van der Waals surface area contributed by atoms with Gasteiger partial charge in [0, 0.05) is 59.9 Å². The van der Waals surface area contributed by atoms with Gasteiger partial charge in [-0.05, 0) is 77.6 Å². The molecule has 0 saturated carbocycles. The minimum atomic E-state index is -0.673. The SMILES string of the molecule is O=C(CC1=CCc2ccc(F)cc21)C[C@@H](Cc1cc(F)cc(F)c1)c1ncccc1-c1cnc2[nH]ccc2c1. The largest absolute Gasteiger partial charge is 0.346 e. The van der Waals surface area contributed by atoms with Gasteiger partial charge in [-0.1, -0.05) is 18.2 Å². The van der Waals surface area contributed by atoms with Crippen molar-refractivity contribution in [2.24, 2.45) is 0 Å². The standard InChI is InChI=1S/C32H24F3N3O/c33-25-6-5-20-3-4-21(30(20)17-25)14-28(39)15-23(10-19-11-26(34)16-27(35)12-19)31-29(2-1-8-36-31)24-13-22-7-9-37-32(22)38-18-24/h1-2,4-9,11-13,16-18,23H,3,10,14-15H2,(H,37,38)/t23-/m1/s1. The Morgan fingerprint density at radius 2 is 1.77 bits per heavy atom. The summed E-state index contributed by atoms with van der Waals surface area (Å²) in [5.74, 6) is -2.20. The number of hydrogen-bond donors (Lipinski definition) is 1. The van der Waals surface area contributed by atoms with Gasteiger partial charge in [-0.3, -0.25) is 9.78 Å². The van der Waals surface area contributed by atoms with Gasteiger partial charge < -0.3 is 4.98 Å². The molecule has 2 aromatic carbocycles. The fourth-order valence-electron chi connectivity index (χ4n) is 5.45. The van der Waals surface area contributed by atoms with Crippen LogP contribution in [0.15, 0.2) is 85.3 Å². The van der Waals surface area contributed by atoms with E-state index >= 15 is 0 Å². The number of pyridine rings is 2. The molecule has 0 aliphatic heterocycles. The van der Waals surface area contributed by atoms with Crippen molar-refractivity contribution >= 4 is 22.4 Å². The average Bonchev–Trinajstić information content (AvgIpc) is 3.54. The molecule has 7 heteroatoms. The number of rotatable bonds is 8. The fourth-order valence-corrected chi connectivity index (χ4v) is 5.45. The summed E-state index contributed by atoms with van der Waals surface area (Å²) in [5, 5.41) is 0.932. The molecule has 0 unspecified atom stereocenters. The zero-order valence-electron chi connectivity index (χ0n) is 20.9. The molecule has 194 valence electrons. The number of H-pyrrole nitrogens is 1. The average molecular weight is 524 g/mol. The van der Waals surface area contributed by atoms with Crippen molar-refractivity contribution in [1.29, 1.82) is 0 Å². The predicted octanol–water partition coefficient (Wildman–Crippen LogP) is 7.36. The lowest BCUT2D eigenvalue weighted by Gasteiger charge is -2.20. The number of fused-ring (bicyclic) bond motifs is 2. The van der Waals surface area contributed by atoms with Crippen LogP contribution in [0.2, 0.25) is 0 Å². The van der Waals surface area contributed by atoms with Crippen LogP contribution in [0.4, 0.5) is 13.2 Å². The van der Waals surface area contributed by atoms with Crippen molar-refractivity contribution in [3.05, 3.63) is 125 Å². The predicted molar refractivity (Wildman–Crippen MR) is 144 cm³/mol. The molecule has 1 atom stereocenters. The molecule has 1 N–H and O–H groups in total. The number of nitrogens with one attached hydrogen (secondary N) is 1. The number of ketones is 1. The van der Waals surface area contributed by atoms with E-state index < -0.39 is 17.6 Å². The van der Waals surface area contributed by atoms with Crippen LogP contribution in [0, 0.1) is 17.5 Å². The van der Waals surface area contributed by atoms with E-state index in [-0.39, 0.29) is 30.9 Å². The molecular weight excluding hydrogens is 499 g/mol. The first-order valence-electron chi connectivity index (χ1n) is 12.8. The highest BCUT2D eigenvalue weighted by Gasteiger charge is 2.25. The Morgan fingerprint density at radius 3 is 2.62 bits per heavy atom. The first-order valence-corrected chi connectivity index (χ1v) is 12.8. The lowest BCUT2D eigenvalue weighted by Crippen LogP contribution is -2.13. The van der Waals surface area contributed by atoms with Gasteiger partial charge in [0.15, 0.2) is 0 Å². The van der Waals surface area contributed by atoms with E-state index in [0.29, 0.717) is 17.7 Å². The maximum atomic E-state index is 14.1. The summed E-state index contributed by atoms with van der Waals surface area (Å²) in [5.41, 5.74) is 6.03. The second-order valence-electron chi connectivity index (χ2n) is 9.91. The molecule has 3 heterocycles. The zero-order valence-corrected chi connectivity index (χ0v) is 20.9. The number of hydrogen-bond acceptors (Lipinski definition) is 3. The molecular formula is C32H24F3N3O. The van der Waals surface area contributed by atoms with Crippen molar-refractivity contribution < 1.29 is 18.0 Å². The van der Waals surface area contributed by atoms with Crippen molar-refractivity contribution in [2.45, 2.75) is 31.6 Å². The molecule has 6 rings (SSSR count). The van der Waals surface area contributed by atoms with Gasteiger partial charge in [0.1, 0.15) is 28.9 Å². The molecule has 39 heavy (non-hydrogen) atoms. The third-order valence-corrected chi connectivity index (χ3v) is 7.19. The Balaban J connectivity index is 1.34. The second-order valence-corrected chi connectivity index (χ2v) is 9.91. The van der Waals surface area contributed by atoms with E-state index in [1.165, 1.54) is 24.3 Å². The Morgan fingerprint density at radius 1 is 0.923 bits per heavy atom. The lowest BCUT2D eigenvalue weighted by atomic mass is 9.85. The van der Waals surface area contributed by atoms with Crippen LogP contribution in [-0.2, 0) is 17.6 Å². The number of allylic oxidation sites excluding steroid dienone is 2. The number of nitrogens with zero attached hydrogens (tertiary/aromatic N) is 2. The van der Waals surface area contributed by atoms with Crippen LogP contribution in [0.5, 0.6) is 0 Å². The van der Waals surface area contributed by atoms with E-state index in [1.807, 2.05) is 36.5 Å². The molecule has 1 aliphatic carbocycles. The smallest absolute Gasteiger partial charge is 0.137 e. The Hall–Kier alpha value is -4.52. The molecule has 3 aromatic heterocycles. The maximum Gasteiger partial charge on any atom is 0.137 e. The van der Waals surface area contributed by atoms with E-state index in [0.717, 1.165) is 44.9 Å². The summed E-state index contributed by atoms with van der Waals surface area (Å²) in [6.45, 7) is 0. The molecule has 0 bridgehead atoms. The minimum Gasteiger partial charge on any atom is -0.346 e. The van der Waals surface area contributed by atoms with Gasteiger partial charge in [0.05, 0.1) is 5.69 Å². The highest BCUT2D eigenvalue weighted by molar-refractivity contribution is 5.92. The van der Waals surface area contributed by atoms with Crippen molar-refractivity contribution in [1.82, 2.24) is 15.0 Å². The summed E-state index contributed by atoms with van der Waals surface area (Å²) < 4.78 is 42.1. The fraction of sp³-hybridized carbons (Fsp3) is 0.156. The number of halogens is 3. The molecule has 4 nitrogen and oxygen atoms in total. The highest BCUT2D eigenvalue weighted by atomic mass is 19.1. The number of aromatic nitrogens is 3. The van der Waals surface area contributed by atoms with Gasteiger partial charge in [-0.2, -0.15) is 0 Å². The molecule has 0 amide bonds. The summed E-state index contributed by atoms with van der Waals surface area (Å²) in [6, 6.07) is 15.7. The minimum absolute atomic E-state index is 0.0592. The van der Waals surface area contributed by atoms with Crippen molar-refractivity contribution in [3.8, 4) is 11.1 Å². The molecule has 0 saturated heterocycles. The quantitative estimate of drug-likeness (QED) is 0.231. The maximum absolute atomic E-state index is 14.1. The Kier molecular flexibility index (Phi) is 6.57. The van der Waals surface area contributed by atoms with Gasteiger partial charge >= 0.3 is 0 Å². The third kappa shape index (κ3) is 5.25. The van der Waals surface area contributed by atoms with Crippen LogP contribution in [0.3, 0.4) is 0 Å². The first kappa shape index (κ1) is 24.8. The van der Waals surface area contributed by atoms with Gasteiger partial charge in [0.2, 0.25) is 0 Å². The van der Waals surface area contributed by atoms with Crippen LogP contribution >= 0.6 is 0 Å². The van der Waals surface area contributed by atoms with Crippen LogP contribution in [0.25, 0.3) is 27.7 Å². The van der Waals surface area contributed by atoms with E-state index in [9.17, 15) is 18.0 Å². The number of carbonyl (C=O) groups excluding carboxylic acids is 1.